The van der Waals surface area contributed by atoms with Crippen LogP contribution in [0.5, 0.6) is 0 Å². The largest absolute Gasteiger partial charge is 0.480 e. The lowest BCUT2D eigenvalue weighted by atomic mass is 9.97. The number of carboxylic acid groups (broad SMARTS) is 1. The van der Waals surface area contributed by atoms with Gasteiger partial charge in [0.2, 0.25) is 0 Å². The van der Waals surface area contributed by atoms with Crippen LogP contribution in [-0.2, 0) is 9.53 Å². The molecule has 0 aliphatic heterocycles. The van der Waals surface area contributed by atoms with E-state index in [-0.39, 0.29) is 0 Å². The van der Waals surface area contributed by atoms with Crippen LogP contribution in [0, 0.1) is 0 Å². The minimum atomic E-state index is -0.904. The normalized spacial score (nSPS) is 27.6. The van der Waals surface area contributed by atoms with Crippen LogP contribution in [0.3, 0.4) is 0 Å². The molecular formula is C11H21NO3S. The van der Waals surface area contributed by atoms with Gasteiger partial charge in [-0.2, -0.15) is 11.8 Å². The van der Waals surface area contributed by atoms with Gasteiger partial charge in [0.1, 0.15) is 6.04 Å². The van der Waals surface area contributed by atoms with Gasteiger partial charge in [-0.3, -0.25) is 4.79 Å². The van der Waals surface area contributed by atoms with Crippen LogP contribution in [0.15, 0.2) is 0 Å². The summed E-state index contributed by atoms with van der Waals surface area (Å²) in [6.45, 7) is 0. The predicted octanol–water partition coefficient (Wildman–Crippen LogP) is 1.48. The highest BCUT2D eigenvalue weighted by atomic mass is 32.2. The van der Waals surface area contributed by atoms with Crippen molar-refractivity contribution in [2.24, 2.45) is 5.73 Å². The lowest BCUT2D eigenvalue weighted by Crippen LogP contribution is -2.31. The third-order valence-electron chi connectivity index (χ3n) is 3.01. The topological polar surface area (TPSA) is 72.5 Å². The van der Waals surface area contributed by atoms with Crippen molar-refractivity contribution in [3.05, 3.63) is 0 Å². The van der Waals surface area contributed by atoms with Crippen molar-refractivity contribution in [3.63, 3.8) is 0 Å². The molecule has 0 heterocycles. The van der Waals surface area contributed by atoms with Crippen LogP contribution in [0.4, 0.5) is 0 Å². The molecule has 1 aliphatic carbocycles. The summed E-state index contributed by atoms with van der Waals surface area (Å²) in [5.74, 6) is -0.0757. The number of carbonyl (C=O) groups is 1. The average Bonchev–Trinajstić information content (AvgIpc) is 2.29. The minimum Gasteiger partial charge on any atom is -0.480 e. The highest BCUT2D eigenvalue weighted by Gasteiger charge is 2.22. The monoisotopic (exact) mass is 247 g/mol. The first-order valence-corrected chi connectivity index (χ1v) is 6.81. The zero-order chi connectivity index (χ0) is 12.0. The van der Waals surface area contributed by atoms with Crippen LogP contribution in [0.25, 0.3) is 0 Å². The van der Waals surface area contributed by atoms with Crippen LogP contribution < -0.4 is 5.73 Å². The first-order chi connectivity index (χ1) is 7.63. The third-order valence-corrected chi connectivity index (χ3v) is 4.38. The zero-order valence-corrected chi connectivity index (χ0v) is 10.5. The SMILES string of the molecule is COC1CCCC(SCCC(N)C(=O)O)C1. The van der Waals surface area contributed by atoms with E-state index >= 15 is 0 Å². The summed E-state index contributed by atoms with van der Waals surface area (Å²) in [7, 11) is 1.76. The molecule has 0 aromatic heterocycles. The summed E-state index contributed by atoms with van der Waals surface area (Å²) in [4.78, 5) is 10.5. The van der Waals surface area contributed by atoms with E-state index < -0.39 is 12.0 Å². The Morgan fingerprint density at radius 1 is 1.62 bits per heavy atom. The van der Waals surface area contributed by atoms with Crippen molar-refractivity contribution in [1.29, 1.82) is 0 Å². The molecule has 1 aliphatic rings. The summed E-state index contributed by atoms with van der Waals surface area (Å²) in [5, 5.41) is 9.26. The second kappa shape index (κ2) is 7.14. The van der Waals surface area contributed by atoms with E-state index in [1.165, 1.54) is 12.8 Å². The third kappa shape index (κ3) is 4.72. The maximum Gasteiger partial charge on any atom is 0.320 e. The Labute approximate surface area is 101 Å². The van der Waals surface area contributed by atoms with Crippen LogP contribution in [0.1, 0.15) is 32.1 Å². The number of ether oxygens (including phenoxy) is 1. The summed E-state index contributed by atoms with van der Waals surface area (Å²) < 4.78 is 5.35. The Morgan fingerprint density at radius 3 is 3.00 bits per heavy atom. The fraction of sp³-hybridized carbons (Fsp3) is 0.909. The van der Waals surface area contributed by atoms with Crippen LogP contribution >= 0.6 is 11.8 Å². The van der Waals surface area contributed by atoms with Gasteiger partial charge in [0.05, 0.1) is 6.10 Å². The summed E-state index contributed by atoms with van der Waals surface area (Å²) >= 11 is 1.84. The molecule has 0 spiro atoms. The van der Waals surface area contributed by atoms with Gasteiger partial charge < -0.3 is 15.6 Å². The van der Waals surface area contributed by atoms with Crippen LogP contribution in [0.2, 0.25) is 0 Å². The molecule has 0 aromatic carbocycles. The Morgan fingerprint density at radius 2 is 2.38 bits per heavy atom. The van der Waals surface area contributed by atoms with Crippen molar-refractivity contribution >= 4 is 17.7 Å². The Balaban J connectivity index is 2.15. The maximum atomic E-state index is 10.5. The van der Waals surface area contributed by atoms with Gasteiger partial charge in [-0.15, -0.1) is 0 Å². The number of hydrogen-bond donors (Lipinski definition) is 2. The van der Waals surface area contributed by atoms with Gasteiger partial charge >= 0.3 is 5.97 Å². The lowest BCUT2D eigenvalue weighted by Gasteiger charge is -2.27. The Bertz CT molecular complexity index is 225. The standard InChI is InChI=1S/C11H21NO3S/c1-15-8-3-2-4-9(7-8)16-6-5-10(12)11(13)14/h8-10H,2-7,12H2,1H3,(H,13,14). The molecule has 1 rings (SSSR count). The van der Waals surface area contributed by atoms with Gasteiger partial charge in [0.25, 0.3) is 0 Å². The fourth-order valence-electron chi connectivity index (χ4n) is 1.95. The highest BCUT2D eigenvalue weighted by molar-refractivity contribution is 7.99. The first kappa shape index (κ1) is 13.8. The van der Waals surface area contributed by atoms with Crippen molar-refractivity contribution in [1.82, 2.24) is 0 Å². The van der Waals surface area contributed by atoms with Gasteiger partial charge in [0, 0.05) is 12.4 Å². The summed E-state index contributed by atoms with van der Waals surface area (Å²) in [6.07, 6.45) is 5.60. The molecule has 0 amide bonds. The molecule has 0 radical (unpaired) electrons. The van der Waals surface area contributed by atoms with Crippen molar-refractivity contribution in [3.8, 4) is 0 Å². The highest BCUT2D eigenvalue weighted by Crippen LogP contribution is 2.30. The molecular weight excluding hydrogens is 226 g/mol. The van der Waals surface area contributed by atoms with E-state index in [1.807, 2.05) is 11.8 Å². The van der Waals surface area contributed by atoms with E-state index in [1.54, 1.807) is 7.11 Å². The molecule has 5 heteroatoms. The van der Waals surface area contributed by atoms with Gasteiger partial charge in [-0.05, 0) is 37.9 Å². The number of carboxylic acids is 1. The van der Waals surface area contributed by atoms with E-state index in [0.717, 1.165) is 18.6 Å². The number of thioether (sulfide) groups is 1. The zero-order valence-electron chi connectivity index (χ0n) is 9.72. The molecule has 1 fully saturated rings. The summed E-state index contributed by atoms with van der Waals surface area (Å²) in [6, 6.07) is -0.714. The van der Waals surface area contributed by atoms with Gasteiger partial charge in [-0.1, -0.05) is 0 Å². The van der Waals surface area contributed by atoms with Crippen molar-refractivity contribution < 1.29 is 14.6 Å². The van der Waals surface area contributed by atoms with E-state index in [4.69, 9.17) is 15.6 Å². The second-order valence-electron chi connectivity index (χ2n) is 4.25. The number of aliphatic carboxylic acids is 1. The van der Waals surface area contributed by atoms with Crippen molar-refractivity contribution in [2.45, 2.75) is 49.5 Å². The summed E-state index contributed by atoms with van der Waals surface area (Å²) in [5.41, 5.74) is 5.45. The van der Waals surface area contributed by atoms with Crippen LogP contribution in [-0.4, -0.2) is 41.3 Å². The lowest BCUT2D eigenvalue weighted by molar-refractivity contribution is -0.138. The van der Waals surface area contributed by atoms with E-state index in [2.05, 4.69) is 0 Å². The average molecular weight is 247 g/mol. The fourth-order valence-corrected chi connectivity index (χ4v) is 3.36. The molecule has 4 nitrogen and oxygen atoms in total. The Hall–Kier alpha value is -0.260. The number of nitrogens with two attached hydrogens (primary N) is 1. The van der Waals surface area contributed by atoms with Crippen molar-refractivity contribution in [2.75, 3.05) is 12.9 Å². The predicted molar refractivity (Wildman–Crippen MR) is 65.7 cm³/mol. The number of hydrogen-bond acceptors (Lipinski definition) is 4. The molecule has 0 bridgehead atoms. The minimum absolute atomic E-state index is 0.388. The molecule has 0 aromatic rings. The maximum absolute atomic E-state index is 10.5. The quantitative estimate of drug-likeness (QED) is 0.744. The molecule has 3 atom stereocenters. The second-order valence-corrected chi connectivity index (χ2v) is 5.66. The number of rotatable bonds is 6. The van der Waals surface area contributed by atoms with E-state index in [0.29, 0.717) is 17.8 Å². The molecule has 3 unspecified atom stereocenters. The van der Waals surface area contributed by atoms with E-state index in [9.17, 15) is 4.79 Å². The van der Waals surface area contributed by atoms with Gasteiger partial charge in [0.15, 0.2) is 0 Å². The Kier molecular flexibility index (Phi) is 6.16. The molecule has 1 saturated carbocycles. The smallest absolute Gasteiger partial charge is 0.320 e. The molecule has 0 saturated heterocycles. The number of methoxy groups -OCH3 is 1. The van der Waals surface area contributed by atoms with Gasteiger partial charge in [-0.25, -0.2) is 0 Å². The molecule has 3 N–H and O–H groups in total. The molecule has 94 valence electrons. The first-order valence-electron chi connectivity index (χ1n) is 5.76. The molecule has 16 heavy (non-hydrogen) atoms.